The molecule has 110 valence electrons. The number of carbonyl (C=O) groups excluding carboxylic acids is 1. The molecule has 1 heterocycles. The van der Waals surface area contributed by atoms with Crippen molar-refractivity contribution in [1.82, 2.24) is 4.90 Å². The molecule has 1 atom stereocenters. The fraction of sp³-hybridized carbons (Fsp3) is 0.846. The lowest BCUT2D eigenvalue weighted by atomic mass is 9.91. The third-order valence-electron chi connectivity index (χ3n) is 3.31. The molecular weight excluding hydrogens is 250 g/mol. The lowest BCUT2D eigenvalue weighted by Gasteiger charge is -2.37. The van der Waals surface area contributed by atoms with Gasteiger partial charge in [-0.2, -0.15) is 0 Å². The number of nitrogens with zero attached hydrogens (tertiary/aromatic N) is 1. The van der Waals surface area contributed by atoms with E-state index in [1.165, 1.54) is 4.90 Å². The van der Waals surface area contributed by atoms with Crippen molar-refractivity contribution in [3.05, 3.63) is 0 Å². The molecule has 1 saturated heterocycles. The van der Waals surface area contributed by atoms with E-state index in [1.807, 2.05) is 0 Å². The highest BCUT2D eigenvalue weighted by Gasteiger charge is 2.44. The Hall–Kier alpha value is -1.30. The van der Waals surface area contributed by atoms with Gasteiger partial charge in [-0.3, -0.25) is 4.79 Å². The molecule has 0 bridgehead atoms. The van der Waals surface area contributed by atoms with Crippen LogP contribution in [0.3, 0.4) is 0 Å². The maximum Gasteiger partial charge on any atom is 0.410 e. The number of amides is 1. The Morgan fingerprint density at radius 3 is 2.47 bits per heavy atom. The molecule has 0 aromatic heterocycles. The predicted octanol–water partition coefficient (Wildman–Crippen LogP) is 1.61. The molecule has 0 radical (unpaired) electrons. The molecule has 1 fully saturated rings. The van der Waals surface area contributed by atoms with Gasteiger partial charge in [-0.15, -0.1) is 0 Å². The molecule has 0 aromatic carbocycles. The molecule has 6 nitrogen and oxygen atoms in total. The molecule has 1 amide bonds. The maximum absolute atomic E-state index is 12.1. The fourth-order valence-corrected chi connectivity index (χ4v) is 2.38. The summed E-state index contributed by atoms with van der Waals surface area (Å²) in [6.45, 7) is 5.59. The fourth-order valence-electron chi connectivity index (χ4n) is 2.38. The van der Waals surface area contributed by atoms with E-state index in [1.54, 1.807) is 20.8 Å². The van der Waals surface area contributed by atoms with Crippen LogP contribution in [-0.2, 0) is 9.53 Å². The van der Waals surface area contributed by atoms with Crippen molar-refractivity contribution in [2.45, 2.75) is 57.6 Å². The van der Waals surface area contributed by atoms with Gasteiger partial charge >= 0.3 is 12.1 Å². The third kappa shape index (κ3) is 4.09. The maximum atomic E-state index is 12.1. The summed E-state index contributed by atoms with van der Waals surface area (Å²) in [6, 6.07) is 0. The van der Waals surface area contributed by atoms with E-state index in [4.69, 9.17) is 9.84 Å². The average Bonchev–Trinajstić information content (AvgIpc) is 2.68. The van der Waals surface area contributed by atoms with Crippen LogP contribution in [-0.4, -0.2) is 51.5 Å². The zero-order chi connectivity index (χ0) is 14.7. The molecule has 1 unspecified atom stereocenters. The van der Waals surface area contributed by atoms with Crippen molar-refractivity contribution in [1.29, 1.82) is 0 Å². The zero-order valence-corrected chi connectivity index (χ0v) is 11.8. The number of carboxylic acid groups (broad SMARTS) is 1. The van der Waals surface area contributed by atoms with Gasteiger partial charge in [0.1, 0.15) is 5.60 Å². The van der Waals surface area contributed by atoms with E-state index >= 15 is 0 Å². The minimum absolute atomic E-state index is 0.0696. The van der Waals surface area contributed by atoms with Crippen molar-refractivity contribution in [2.75, 3.05) is 13.2 Å². The van der Waals surface area contributed by atoms with Crippen LogP contribution in [0.2, 0.25) is 0 Å². The van der Waals surface area contributed by atoms with E-state index in [0.717, 1.165) is 6.42 Å². The van der Waals surface area contributed by atoms with Gasteiger partial charge in [0.05, 0.1) is 12.1 Å². The predicted molar refractivity (Wildman–Crippen MR) is 68.9 cm³/mol. The normalized spacial score (nSPS) is 23.5. The second kappa shape index (κ2) is 5.77. The van der Waals surface area contributed by atoms with Gasteiger partial charge in [-0.05, 0) is 40.0 Å². The van der Waals surface area contributed by atoms with Crippen molar-refractivity contribution in [2.24, 2.45) is 0 Å². The molecule has 6 heteroatoms. The van der Waals surface area contributed by atoms with Gasteiger partial charge in [0, 0.05) is 13.0 Å². The first-order chi connectivity index (χ1) is 8.70. The first-order valence-corrected chi connectivity index (χ1v) is 6.53. The second-order valence-electron chi connectivity index (χ2n) is 6.01. The largest absolute Gasteiger partial charge is 0.481 e. The van der Waals surface area contributed by atoms with Crippen LogP contribution in [0.5, 0.6) is 0 Å². The highest BCUT2D eigenvalue weighted by molar-refractivity contribution is 5.70. The summed E-state index contributed by atoms with van der Waals surface area (Å²) < 4.78 is 5.31. The number of likely N-dealkylation sites (tertiary alicyclic amines) is 1. The molecule has 0 aromatic rings. The van der Waals surface area contributed by atoms with Crippen molar-refractivity contribution >= 4 is 12.1 Å². The van der Waals surface area contributed by atoms with Crippen LogP contribution in [0.25, 0.3) is 0 Å². The molecular formula is C13H23NO5. The van der Waals surface area contributed by atoms with Crippen LogP contribution < -0.4 is 0 Å². The zero-order valence-electron chi connectivity index (χ0n) is 11.8. The summed E-state index contributed by atoms with van der Waals surface area (Å²) in [6.07, 6.45) is 1.05. The lowest BCUT2D eigenvalue weighted by Crippen LogP contribution is -2.51. The van der Waals surface area contributed by atoms with E-state index in [9.17, 15) is 14.7 Å². The standard InChI is InChI=1S/C13H23NO5/c1-12(2,3)19-11(18)14-8-4-6-13(14,9-15)7-5-10(16)17/h15H,4-9H2,1-3H3,(H,16,17). The molecule has 2 N–H and O–H groups in total. The van der Waals surface area contributed by atoms with Gasteiger partial charge < -0.3 is 19.8 Å². The first-order valence-electron chi connectivity index (χ1n) is 6.53. The molecule has 1 rings (SSSR count). The topological polar surface area (TPSA) is 87.1 Å². The number of aliphatic hydroxyl groups is 1. The Morgan fingerprint density at radius 1 is 1.37 bits per heavy atom. The average molecular weight is 273 g/mol. The summed E-state index contributed by atoms with van der Waals surface area (Å²) in [4.78, 5) is 24.3. The quantitative estimate of drug-likeness (QED) is 0.812. The van der Waals surface area contributed by atoms with Gasteiger partial charge in [-0.25, -0.2) is 4.79 Å². The Balaban J connectivity index is 2.79. The number of carboxylic acids is 1. The SMILES string of the molecule is CC(C)(C)OC(=O)N1CCCC1(CO)CCC(=O)O. The number of carbonyl (C=O) groups is 2. The van der Waals surface area contributed by atoms with Crippen molar-refractivity contribution in [3.63, 3.8) is 0 Å². The third-order valence-corrected chi connectivity index (χ3v) is 3.31. The number of hydrogen-bond acceptors (Lipinski definition) is 4. The second-order valence-corrected chi connectivity index (χ2v) is 6.01. The van der Waals surface area contributed by atoms with Gasteiger partial charge in [0.15, 0.2) is 0 Å². The molecule has 1 aliphatic heterocycles. The number of hydrogen-bond donors (Lipinski definition) is 2. The van der Waals surface area contributed by atoms with Crippen LogP contribution in [0.4, 0.5) is 4.79 Å². The van der Waals surface area contributed by atoms with Gasteiger partial charge in [-0.1, -0.05) is 0 Å². The first kappa shape index (κ1) is 15.8. The number of aliphatic hydroxyl groups excluding tert-OH is 1. The highest BCUT2D eigenvalue weighted by Crippen LogP contribution is 2.34. The summed E-state index contributed by atoms with van der Waals surface area (Å²) in [5.74, 6) is -0.927. The Labute approximate surface area is 113 Å². The van der Waals surface area contributed by atoms with Crippen LogP contribution in [0.1, 0.15) is 46.5 Å². The van der Waals surface area contributed by atoms with Crippen LogP contribution in [0.15, 0.2) is 0 Å². The summed E-state index contributed by atoms with van der Waals surface area (Å²) in [5, 5.41) is 18.4. The van der Waals surface area contributed by atoms with E-state index in [2.05, 4.69) is 0 Å². The van der Waals surface area contributed by atoms with E-state index in [-0.39, 0.29) is 19.4 Å². The summed E-state index contributed by atoms with van der Waals surface area (Å²) >= 11 is 0. The van der Waals surface area contributed by atoms with E-state index < -0.39 is 23.2 Å². The van der Waals surface area contributed by atoms with Crippen molar-refractivity contribution in [3.8, 4) is 0 Å². The number of rotatable bonds is 4. The monoisotopic (exact) mass is 273 g/mol. The minimum atomic E-state index is -0.927. The minimum Gasteiger partial charge on any atom is -0.481 e. The van der Waals surface area contributed by atoms with Gasteiger partial charge in [0.25, 0.3) is 0 Å². The van der Waals surface area contributed by atoms with Crippen LogP contribution >= 0.6 is 0 Å². The number of aliphatic carboxylic acids is 1. The summed E-state index contributed by atoms with van der Waals surface area (Å²) in [5.41, 5.74) is -1.39. The van der Waals surface area contributed by atoms with Crippen LogP contribution in [0, 0.1) is 0 Å². The van der Waals surface area contributed by atoms with E-state index in [0.29, 0.717) is 13.0 Å². The smallest absolute Gasteiger partial charge is 0.410 e. The summed E-state index contributed by atoms with van der Waals surface area (Å²) in [7, 11) is 0. The molecule has 0 aliphatic carbocycles. The molecule has 1 aliphatic rings. The number of ether oxygens (including phenoxy) is 1. The Morgan fingerprint density at radius 2 is 2.00 bits per heavy atom. The molecule has 0 spiro atoms. The molecule has 19 heavy (non-hydrogen) atoms. The molecule has 0 saturated carbocycles. The van der Waals surface area contributed by atoms with Gasteiger partial charge in [0.2, 0.25) is 0 Å². The Kier molecular flexibility index (Phi) is 4.79. The lowest BCUT2D eigenvalue weighted by molar-refractivity contribution is -0.138. The van der Waals surface area contributed by atoms with Crippen molar-refractivity contribution < 1.29 is 24.5 Å². The Bertz CT molecular complexity index is 349. The highest BCUT2D eigenvalue weighted by atomic mass is 16.6.